The Morgan fingerprint density at radius 3 is 0.162 bits per heavy atom. The molecule has 0 saturated carbocycles. The van der Waals surface area contributed by atoms with Gasteiger partial charge in [0.25, 0.3) is 0 Å². The Hall–Kier alpha value is -8.58. The molecule has 0 unspecified atom stereocenters. The summed E-state index contributed by atoms with van der Waals surface area (Å²) in [4.78, 5) is 0. The summed E-state index contributed by atoms with van der Waals surface area (Å²) >= 11 is 0. The van der Waals surface area contributed by atoms with Crippen LogP contribution in [0.25, 0.3) is 0 Å². The van der Waals surface area contributed by atoms with Gasteiger partial charge in [-0.2, -0.15) is 0 Å². The van der Waals surface area contributed by atoms with E-state index < -0.39 is 47.5 Å². The smallest absolute Gasteiger partial charge is 0 e. The van der Waals surface area contributed by atoms with E-state index in [0.29, 0.717) is 0 Å². The van der Waals surface area contributed by atoms with E-state index in [4.69, 9.17) is 0 Å². The molecule has 0 amide bonds. The van der Waals surface area contributed by atoms with Crippen molar-refractivity contribution in [2.75, 3.05) is 0 Å². The van der Waals surface area contributed by atoms with E-state index in [0.717, 1.165) is 0 Å². The molecule has 0 heterocycles. The van der Waals surface area contributed by atoms with Crippen LogP contribution in [0.1, 0.15) is 0 Å². The normalized spacial score (nSPS) is 10.3. The summed E-state index contributed by atoms with van der Waals surface area (Å²) < 4.78 is 0. The molecule has 0 aliphatic carbocycles. The van der Waals surface area contributed by atoms with Gasteiger partial charge in [0.05, 0.1) is 0 Å². The molecule has 0 N–H and O–H groups in total. The third-order valence-corrected chi connectivity index (χ3v) is 32.9. The topological polar surface area (TPSA) is 0 Å². The number of rotatable bonds is 18. The van der Waals surface area contributed by atoms with Gasteiger partial charge in [-0.1, -0.05) is 546 Å². The zero-order valence-corrected chi connectivity index (χ0v) is 73.2. The summed E-state index contributed by atoms with van der Waals surface area (Å²) in [6.07, 6.45) is 0. The van der Waals surface area contributed by atoms with E-state index >= 15 is 0 Å². The molecule has 18 rings (SSSR count). The van der Waals surface area contributed by atoms with E-state index in [2.05, 4.69) is 546 Å². The van der Waals surface area contributed by atoms with Crippen LogP contribution in [0.5, 0.6) is 0 Å². The molecule has 0 aliphatic heterocycles. The average molecular weight is 1820 g/mol. The maximum atomic E-state index is 2.23. The third-order valence-electron chi connectivity index (χ3n) is 18.3. The second-order valence-corrected chi connectivity index (χ2v) is 39.4. The SMILES string of the molecule is [KH].[Ru].[Ru].c1ccc(P(c2ccccc2)c2ccccc2)cc1.c1ccc(P(c2ccccc2)c2ccccc2)cc1.c1ccc(P(c2ccccc2)c2ccccc2)cc1.c1ccc(P(c2ccccc2)c2ccccc2)cc1.c1ccc(P(c2ccccc2)c2ccccc2)cc1.c1ccc(P(c2ccccc2)c2ccccc2)cc1. The Labute approximate surface area is 770 Å². The number of benzene rings is 18. The van der Waals surface area contributed by atoms with Gasteiger partial charge in [-0.05, 0) is 143 Å². The van der Waals surface area contributed by atoms with Crippen LogP contribution < -0.4 is 95.5 Å². The summed E-state index contributed by atoms with van der Waals surface area (Å²) in [5, 5.41) is 25.2. The summed E-state index contributed by atoms with van der Waals surface area (Å²) in [7, 11) is -2.68. The average Bonchev–Trinajstić information content (AvgIpc) is 0.854. The van der Waals surface area contributed by atoms with E-state index in [9.17, 15) is 0 Å². The zero-order chi connectivity index (χ0) is 77.5. The maximum absolute atomic E-state index is 2.23. The van der Waals surface area contributed by atoms with Crippen LogP contribution >= 0.6 is 47.5 Å². The van der Waals surface area contributed by atoms with Crippen molar-refractivity contribution in [3.8, 4) is 0 Å². The summed E-state index contributed by atoms with van der Waals surface area (Å²) in [6.45, 7) is 0. The molecule has 0 aliphatic rings. The molecule has 18 aromatic carbocycles. The Balaban J connectivity index is 0.000000147. The summed E-state index contributed by atoms with van der Waals surface area (Å²) in [5.74, 6) is 0. The van der Waals surface area contributed by atoms with Crippen molar-refractivity contribution < 1.29 is 39.0 Å². The number of hydrogen-bond acceptors (Lipinski definition) is 0. The fraction of sp³-hybridized carbons (Fsp3) is 0. The van der Waals surface area contributed by atoms with Gasteiger partial charge in [0.15, 0.2) is 0 Å². The van der Waals surface area contributed by atoms with Crippen LogP contribution in [0, 0.1) is 0 Å². The van der Waals surface area contributed by atoms with Crippen molar-refractivity contribution in [3.05, 3.63) is 546 Å². The van der Waals surface area contributed by atoms with E-state index in [1.165, 1.54) is 95.5 Å². The monoisotopic (exact) mass is 1820 g/mol. The summed E-state index contributed by atoms with van der Waals surface area (Å²) in [6, 6.07) is 194. The maximum Gasteiger partial charge on any atom is 0 e. The predicted molar refractivity (Wildman–Crippen MR) is 518 cm³/mol. The van der Waals surface area contributed by atoms with Crippen LogP contribution in [-0.4, -0.2) is 51.4 Å². The van der Waals surface area contributed by atoms with Crippen molar-refractivity contribution in [3.63, 3.8) is 0 Å². The predicted octanol–water partition coefficient (Wildman–Crippen LogP) is 20.0. The molecule has 117 heavy (non-hydrogen) atoms. The minimum Gasteiger partial charge on any atom is -0.0622 e. The van der Waals surface area contributed by atoms with Crippen LogP contribution in [-0.2, 0) is 39.0 Å². The second kappa shape index (κ2) is 51.7. The van der Waals surface area contributed by atoms with E-state index in [-0.39, 0.29) is 90.3 Å². The third kappa shape index (κ3) is 27.7. The first-order valence-corrected chi connectivity index (χ1v) is 46.5. The van der Waals surface area contributed by atoms with Gasteiger partial charge in [-0.15, -0.1) is 0 Å². The molecule has 0 radical (unpaired) electrons. The van der Waals surface area contributed by atoms with Crippen LogP contribution in [0.4, 0.5) is 0 Å². The molecular weight excluding hydrogens is 1720 g/mol. The van der Waals surface area contributed by atoms with Crippen molar-refractivity contribution >= 4 is 194 Å². The standard InChI is InChI=1S/6C18H15P.K.2Ru.H/c6*1-4-10-16(11-5-1)19(17-12-6-2-7-13-17)18-14-8-3-9-15-18;;;;/h6*1-15H;;;;. The molecule has 0 spiro atoms. The zero-order valence-electron chi connectivity index (χ0n) is 64.4. The molecular formula is C108H91KP6Ru2. The van der Waals surface area contributed by atoms with Crippen LogP contribution in [0.3, 0.4) is 0 Å². The van der Waals surface area contributed by atoms with Gasteiger partial charge >= 0.3 is 51.4 Å². The van der Waals surface area contributed by atoms with Gasteiger partial charge in [0.2, 0.25) is 0 Å². The van der Waals surface area contributed by atoms with Gasteiger partial charge in [-0.3, -0.25) is 0 Å². The van der Waals surface area contributed by atoms with E-state index in [1.807, 2.05) is 0 Å². The summed E-state index contributed by atoms with van der Waals surface area (Å²) in [5.41, 5.74) is 0. The second-order valence-electron chi connectivity index (χ2n) is 26.1. The molecule has 570 valence electrons. The first-order valence-electron chi connectivity index (χ1n) is 38.4. The van der Waals surface area contributed by atoms with Crippen molar-refractivity contribution in [2.45, 2.75) is 0 Å². The quantitative estimate of drug-likeness (QED) is 0.0593. The largest absolute Gasteiger partial charge is 0.0622 e. The molecule has 0 saturated heterocycles. The van der Waals surface area contributed by atoms with E-state index in [1.54, 1.807) is 0 Å². The first kappa shape index (κ1) is 90.7. The molecule has 0 nitrogen and oxygen atoms in total. The molecule has 0 aromatic heterocycles. The van der Waals surface area contributed by atoms with Crippen molar-refractivity contribution in [1.82, 2.24) is 0 Å². The van der Waals surface area contributed by atoms with Crippen LogP contribution in [0.2, 0.25) is 0 Å². The fourth-order valence-electron chi connectivity index (χ4n) is 13.1. The Morgan fingerprint density at radius 1 is 0.0769 bits per heavy atom. The van der Waals surface area contributed by atoms with Crippen molar-refractivity contribution in [2.24, 2.45) is 0 Å². The van der Waals surface area contributed by atoms with Crippen LogP contribution in [0.15, 0.2) is 546 Å². The van der Waals surface area contributed by atoms with Gasteiger partial charge < -0.3 is 0 Å². The number of hydrogen-bond donors (Lipinski definition) is 0. The minimum atomic E-state index is -0.446. The molecule has 18 aromatic rings. The fourth-order valence-corrected chi connectivity index (χ4v) is 26.9. The first-order chi connectivity index (χ1) is 56.7. The van der Waals surface area contributed by atoms with Gasteiger partial charge in [0, 0.05) is 39.0 Å². The molecule has 0 bridgehead atoms. The molecule has 9 heteroatoms. The Bertz CT molecular complexity index is 4080. The Morgan fingerprint density at radius 2 is 0.120 bits per heavy atom. The van der Waals surface area contributed by atoms with Gasteiger partial charge in [-0.25, -0.2) is 0 Å². The Kier molecular flexibility index (Phi) is 40.1. The van der Waals surface area contributed by atoms with Gasteiger partial charge in [0.1, 0.15) is 0 Å². The minimum absolute atomic E-state index is 0. The molecule has 0 atom stereocenters. The van der Waals surface area contributed by atoms with Crippen molar-refractivity contribution in [1.29, 1.82) is 0 Å². The molecule has 0 fully saturated rings.